The quantitative estimate of drug-likeness (QED) is 0.719. The van der Waals surface area contributed by atoms with Crippen molar-refractivity contribution in [1.82, 2.24) is 14.7 Å². The summed E-state index contributed by atoms with van der Waals surface area (Å²) in [5.74, 6) is 0. The molecule has 23 heavy (non-hydrogen) atoms. The maximum atomic E-state index is 2.71. The average Bonchev–Trinajstić information content (AvgIpc) is 3.24. The Bertz CT molecular complexity index is 460. The molecule has 2 fully saturated rings. The van der Waals surface area contributed by atoms with Crippen LogP contribution in [-0.2, 0) is 0 Å². The van der Waals surface area contributed by atoms with E-state index in [1.165, 1.54) is 51.9 Å². The van der Waals surface area contributed by atoms with Crippen molar-refractivity contribution >= 4 is 6.21 Å². The minimum atomic E-state index is 0.224. The SMILES string of the molecule is CN1CCC(C[C@H]2CN(C)C3(C=[N+]2C(C)(C)C)CC3)N(C)CC1. The lowest BCUT2D eigenvalue weighted by Gasteiger charge is -2.39. The van der Waals surface area contributed by atoms with Gasteiger partial charge < -0.3 is 9.80 Å². The normalized spacial score (nSPS) is 33.6. The van der Waals surface area contributed by atoms with Gasteiger partial charge in [-0.25, -0.2) is 4.58 Å². The van der Waals surface area contributed by atoms with Gasteiger partial charge in [0.15, 0.2) is 17.8 Å². The van der Waals surface area contributed by atoms with Crippen LogP contribution in [0.1, 0.15) is 46.5 Å². The second kappa shape index (κ2) is 6.12. The molecule has 0 bridgehead atoms. The molecule has 0 aromatic carbocycles. The van der Waals surface area contributed by atoms with Crippen LogP contribution < -0.4 is 0 Å². The molecule has 0 radical (unpaired) electrons. The van der Waals surface area contributed by atoms with Crippen LogP contribution in [0.3, 0.4) is 0 Å². The largest absolute Gasteiger partial charge is 0.305 e. The fraction of sp³-hybridized carbons (Fsp3) is 0.947. The van der Waals surface area contributed by atoms with Crippen molar-refractivity contribution in [2.24, 2.45) is 0 Å². The number of rotatable bonds is 2. The van der Waals surface area contributed by atoms with Gasteiger partial charge in [-0.2, -0.15) is 0 Å². The predicted octanol–water partition coefficient (Wildman–Crippen LogP) is 1.74. The highest BCUT2D eigenvalue weighted by atomic mass is 15.3. The van der Waals surface area contributed by atoms with Crippen LogP contribution in [0.5, 0.6) is 0 Å². The van der Waals surface area contributed by atoms with E-state index in [1.54, 1.807) is 0 Å². The lowest BCUT2D eigenvalue weighted by atomic mass is 9.95. The second-order valence-corrected chi connectivity index (χ2v) is 9.31. The van der Waals surface area contributed by atoms with E-state index in [1.807, 2.05) is 0 Å². The minimum Gasteiger partial charge on any atom is -0.305 e. The van der Waals surface area contributed by atoms with Gasteiger partial charge in [0, 0.05) is 25.6 Å². The van der Waals surface area contributed by atoms with Crippen molar-refractivity contribution in [2.45, 2.75) is 69.6 Å². The Morgan fingerprint density at radius 1 is 1.09 bits per heavy atom. The summed E-state index contributed by atoms with van der Waals surface area (Å²) in [6.45, 7) is 12.0. The summed E-state index contributed by atoms with van der Waals surface area (Å²) in [6, 6.07) is 1.35. The summed E-state index contributed by atoms with van der Waals surface area (Å²) in [4.78, 5) is 7.71. The van der Waals surface area contributed by atoms with Gasteiger partial charge in [-0.1, -0.05) is 0 Å². The summed E-state index contributed by atoms with van der Waals surface area (Å²) in [5, 5.41) is 0. The molecule has 4 nitrogen and oxygen atoms in total. The summed E-state index contributed by atoms with van der Waals surface area (Å²) < 4.78 is 2.71. The van der Waals surface area contributed by atoms with Gasteiger partial charge in [-0.15, -0.1) is 0 Å². The van der Waals surface area contributed by atoms with Crippen LogP contribution in [0.15, 0.2) is 0 Å². The minimum absolute atomic E-state index is 0.224. The molecular weight excluding hydrogens is 284 g/mol. The van der Waals surface area contributed by atoms with Crippen molar-refractivity contribution < 1.29 is 4.58 Å². The Balaban J connectivity index is 1.77. The molecule has 1 spiro atoms. The maximum Gasteiger partial charge on any atom is 0.167 e. The van der Waals surface area contributed by atoms with E-state index in [4.69, 9.17) is 0 Å². The molecule has 2 atom stereocenters. The molecule has 3 aliphatic rings. The molecular formula is C19H37N4+. The fourth-order valence-electron chi connectivity index (χ4n) is 4.44. The van der Waals surface area contributed by atoms with Crippen LogP contribution in [0.25, 0.3) is 0 Å². The van der Waals surface area contributed by atoms with Crippen LogP contribution >= 0.6 is 0 Å². The third-order valence-corrected chi connectivity index (χ3v) is 6.40. The number of likely N-dealkylation sites (N-methyl/N-ethyl adjacent to an activating group) is 3. The Hall–Kier alpha value is -0.450. The van der Waals surface area contributed by atoms with Crippen molar-refractivity contribution in [3.05, 3.63) is 0 Å². The highest BCUT2D eigenvalue weighted by molar-refractivity contribution is 5.70. The summed E-state index contributed by atoms with van der Waals surface area (Å²) >= 11 is 0. The lowest BCUT2D eigenvalue weighted by molar-refractivity contribution is -0.634. The number of hydrogen-bond acceptors (Lipinski definition) is 3. The summed E-state index contributed by atoms with van der Waals surface area (Å²) in [5.41, 5.74) is 0.612. The first-order chi connectivity index (χ1) is 10.7. The first-order valence-electron chi connectivity index (χ1n) is 9.46. The van der Waals surface area contributed by atoms with Crippen molar-refractivity contribution in [3.8, 4) is 0 Å². The standard InChI is InChI=1S/C19H37N4/c1-18(2,3)23-15-19(8-9-19)22(6)14-17(23)13-16-7-10-20(4)11-12-21(16)5/h15-17H,7-14H2,1-6H3/q+1/t16?,17-/m0/s1. The zero-order valence-corrected chi connectivity index (χ0v) is 16.2. The van der Waals surface area contributed by atoms with E-state index < -0.39 is 0 Å². The molecule has 1 aliphatic carbocycles. The van der Waals surface area contributed by atoms with E-state index >= 15 is 0 Å². The maximum absolute atomic E-state index is 2.71. The van der Waals surface area contributed by atoms with Gasteiger partial charge in [-0.05, 0) is 67.7 Å². The average molecular weight is 322 g/mol. The Morgan fingerprint density at radius 3 is 2.39 bits per heavy atom. The second-order valence-electron chi connectivity index (χ2n) is 9.31. The topological polar surface area (TPSA) is 12.7 Å². The van der Waals surface area contributed by atoms with E-state index in [0.29, 0.717) is 17.6 Å². The van der Waals surface area contributed by atoms with Crippen LogP contribution in [-0.4, -0.2) is 96.0 Å². The monoisotopic (exact) mass is 321 g/mol. The molecule has 1 saturated heterocycles. The van der Waals surface area contributed by atoms with Crippen molar-refractivity contribution in [3.63, 3.8) is 0 Å². The van der Waals surface area contributed by atoms with Gasteiger partial charge in [0.2, 0.25) is 0 Å². The summed E-state index contributed by atoms with van der Waals surface area (Å²) in [6.07, 6.45) is 7.87. The van der Waals surface area contributed by atoms with E-state index in [2.05, 4.69) is 67.4 Å². The Labute approximate surface area is 143 Å². The molecule has 0 amide bonds. The molecule has 1 unspecified atom stereocenters. The summed E-state index contributed by atoms with van der Waals surface area (Å²) in [7, 11) is 6.92. The molecule has 2 aliphatic heterocycles. The van der Waals surface area contributed by atoms with Crippen LogP contribution in [0, 0.1) is 0 Å². The van der Waals surface area contributed by atoms with Gasteiger partial charge in [0.05, 0.1) is 12.1 Å². The highest BCUT2D eigenvalue weighted by Gasteiger charge is 2.54. The fourth-order valence-corrected chi connectivity index (χ4v) is 4.44. The lowest BCUT2D eigenvalue weighted by Crippen LogP contribution is -2.58. The highest BCUT2D eigenvalue weighted by Crippen LogP contribution is 2.42. The van der Waals surface area contributed by atoms with Crippen LogP contribution in [0.4, 0.5) is 0 Å². The molecule has 0 aromatic rings. The number of nitrogens with zero attached hydrogens (tertiary/aromatic N) is 4. The zero-order chi connectivity index (χ0) is 16.8. The molecule has 0 N–H and O–H groups in total. The molecule has 2 heterocycles. The van der Waals surface area contributed by atoms with E-state index in [0.717, 1.165) is 0 Å². The van der Waals surface area contributed by atoms with Gasteiger partial charge in [-0.3, -0.25) is 4.90 Å². The first-order valence-corrected chi connectivity index (χ1v) is 9.46. The Kier molecular flexibility index (Phi) is 4.63. The van der Waals surface area contributed by atoms with Gasteiger partial charge in [0.1, 0.15) is 0 Å². The third kappa shape index (κ3) is 3.64. The van der Waals surface area contributed by atoms with Gasteiger partial charge >= 0.3 is 0 Å². The number of hydrogen-bond donors (Lipinski definition) is 0. The molecule has 4 heteroatoms. The van der Waals surface area contributed by atoms with E-state index in [9.17, 15) is 0 Å². The molecule has 0 aromatic heterocycles. The van der Waals surface area contributed by atoms with E-state index in [-0.39, 0.29) is 5.54 Å². The molecule has 1 saturated carbocycles. The van der Waals surface area contributed by atoms with Crippen molar-refractivity contribution in [2.75, 3.05) is 47.3 Å². The predicted molar refractivity (Wildman–Crippen MR) is 97.6 cm³/mol. The van der Waals surface area contributed by atoms with Gasteiger partial charge in [0.25, 0.3) is 0 Å². The van der Waals surface area contributed by atoms with Crippen molar-refractivity contribution in [1.29, 1.82) is 0 Å². The van der Waals surface area contributed by atoms with Crippen LogP contribution in [0.2, 0.25) is 0 Å². The Morgan fingerprint density at radius 2 is 1.78 bits per heavy atom. The molecule has 132 valence electrons. The first kappa shape index (κ1) is 17.4. The molecule has 3 rings (SSSR count). The smallest absolute Gasteiger partial charge is 0.167 e. The zero-order valence-electron chi connectivity index (χ0n) is 16.2. The third-order valence-electron chi connectivity index (χ3n) is 6.40.